The summed E-state index contributed by atoms with van der Waals surface area (Å²) >= 11 is 0. The fourth-order valence-electron chi connectivity index (χ4n) is 8.55. The molecule has 0 radical (unpaired) electrons. The van der Waals surface area contributed by atoms with Gasteiger partial charge in [0.25, 0.3) is 0 Å². The second-order valence-electron chi connectivity index (χ2n) is 16.5. The van der Waals surface area contributed by atoms with E-state index in [0.29, 0.717) is 34.9 Å². The van der Waals surface area contributed by atoms with Crippen molar-refractivity contribution in [2.45, 2.75) is 13.8 Å². The molecular weight excluding hydrogens is 833 g/mol. The van der Waals surface area contributed by atoms with Crippen LogP contribution in [-0.4, -0.2) is 39.9 Å². The zero-order chi connectivity index (χ0) is 45.8. The Bertz CT molecular complexity index is 3510. The van der Waals surface area contributed by atoms with Crippen LogP contribution in [0.2, 0.25) is 0 Å². The second-order valence-corrected chi connectivity index (χ2v) is 16.5. The summed E-state index contributed by atoms with van der Waals surface area (Å²) in [5.41, 5.74) is 15.7. The van der Waals surface area contributed by atoms with Gasteiger partial charge in [-0.1, -0.05) is 176 Å². The minimum atomic E-state index is 0.577. The van der Waals surface area contributed by atoms with Crippen LogP contribution in [0.25, 0.3) is 113 Å². The second kappa shape index (κ2) is 18.4. The number of hydrogen-bond donors (Lipinski definition) is 0. The molecule has 0 unspecified atom stereocenters. The number of pyridine rings is 2. The molecule has 8 heteroatoms. The predicted octanol–water partition coefficient (Wildman–Crippen LogP) is 14.1. The molecule has 0 saturated carbocycles. The molecule has 8 nitrogen and oxygen atoms in total. The summed E-state index contributed by atoms with van der Waals surface area (Å²) in [6.07, 6.45) is 3.61. The number of nitrogens with zero attached hydrogens (tertiary/aromatic N) is 8. The van der Waals surface area contributed by atoms with Crippen molar-refractivity contribution in [3.8, 4) is 113 Å². The van der Waals surface area contributed by atoms with Crippen LogP contribution in [0.3, 0.4) is 0 Å². The maximum Gasteiger partial charge on any atom is 0.164 e. The highest BCUT2D eigenvalue weighted by Gasteiger charge is 2.20. The van der Waals surface area contributed by atoms with E-state index >= 15 is 0 Å². The molecule has 0 bridgehead atoms. The lowest BCUT2D eigenvalue weighted by Crippen LogP contribution is -2.01. The van der Waals surface area contributed by atoms with Gasteiger partial charge in [-0.2, -0.15) is 0 Å². The van der Waals surface area contributed by atoms with Crippen molar-refractivity contribution in [2.24, 2.45) is 0 Å². The Morgan fingerprint density at radius 3 is 1.24 bits per heavy atom. The van der Waals surface area contributed by atoms with Crippen molar-refractivity contribution in [3.05, 3.63) is 230 Å². The van der Waals surface area contributed by atoms with E-state index in [0.717, 1.165) is 89.3 Å². The lowest BCUT2D eigenvalue weighted by molar-refractivity contribution is 1.07. The summed E-state index contributed by atoms with van der Waals surface area (Å²) in [6, 6.07) is 70.2. The highest BCUT2D eigenvalue weighted by atomic mass is 15.0. The third kappa shape index (κ3) is 8.57. The number of aryl methyl sites for hydroxylation is 2. The predicted molar refractivity (Wildman–Crippen MR) is 273 cm³/mol. The summed E-state index contributed by atoms with van der Waals surface area (Å²) in [6.45, 7) is 4.09. The minimum absolute atomic E-state index is 0.577. The van der Waals surface area contributed by atoms with Crippen molar-refractivity contribution < 1.29 is 0 Å². The zero-order valence-electron chi connectivity index (χ0n) is 37.4. The summed E-state index contributed by atoms with van der Waals surface area (Å²) in [7, 11) is 0. The minimum Gasteiger partial charge on any atom is -0.265 e. The van der Waals surface area contributed by atoms with E-state index in [9.17, 15) is 0 Å². The monoisotopic (exact) mass is 874 g/mol. The number of aromatic nitrogens is 8. The van der Waals surface area contributed by atoms with Crippen LogP contribution in [0, 0.1) is 13.8 Å². The van der Waals surface area contributed by atoms with E-state index in [1.165, 1.54) is 0 Å². The fourth-order valence-corrected chi connectivity index (χ4v) is 8.55. The van der Waals surface area contributed by atoms with E-state index in [4.69, 9.17) is 34.9 Å². The molecule has 0 aliphatic heterocycles. The zero-order valence-corrected chi connectivity index (χ0v) is 37.4. The summed E-state index contributed by atoms with van der Waals surface area (Å²) < 4.78 is 0. The van der Waals surface area contributed by atoms with Crippen LogP contribution in [0.4, 0.5) is 0 Å². The maximum atomic E-state index is 5.14. The average molecular weight is 875 g/mol. The highest BCUT2D eigenvalue weighted by molar-refractivity contribution is 5.93. The van der Waals surface area contributed by atoms with Gasteiger partial charge in [-0.15, -0.1) is 0 Å². The molecule has 0 aliphatic rings. The van der Waals surface area contributed by atoms with Crippen LogP contribution in [0.5, 0.6) is 0 Å². The molecule has 0 aliphatic carbocycles. The SMILES string of the molecule is Cc1ccc(-c2ccc(-c3ccccc3-c3nc(-c4ccccc4)nc(-c4ccccc4)n3)c(-c3ccc(-c4nc(-c5ccccc5)nc(-c5cccc(-c6ccncc6)c5)n4)cc3)c2)c(C)n1. The lowest BCUT2D eigenvalue weighted by atomic mass is 9.88. The number of hydrogen-bond acceptors (Lipinski definition) is 8. The number of rotatable bonds is 10. The van der Waals surface area contributed by atoms with Crippen LogP contribution in [0.1, 0.15) is 11.4 Å². The van der Waals surface area contributed by atoms with E-state index in [-0.39, 0.29) is 0 Å². The smallest absolute Gasteiger partial charge is 0.164 e. The first kappa shape index (κ1) is 41.6. The lowest BCUT2D eigenvalue weighted by Gasteiger charge is -2.17. The molecule has 0 fully saturated rings. The third-order valence-electron chi connectivity index (χ3n) is 12.0. The van der Waals surface area contributed by atoms with E-state index in [2.05, 4.69) is 96.8 Å². The molecule has 0 atom stereocenters. The van der Waals surface area contributed by atoms with Crippen molar-refractivity contribution >= 4 is 0 Å². The number of benzene rings is 7. The normalized spacial score (nSPS) is 11.1. The quantitative estimate of drug-likeness (QED) is 0.134. The van der Waals surface area contributed by atoms with Gasteiger partial charge in [0.2, 0.25) is 0 Å². The molecule has 4 heterocycles. The Kier molecular flexibility index (Phi) is 11.2. The first-order valence-electron chi connectivity index (χ1n) is 22.5. The maximum absolute atomic E-state index is 5.14. The van der Waals surface area contributed by atoms with Crippen LogP contribution in [-0.2, 0) is 0 Å². The molecule has 0 spiro atoms. The van der Waals surface area contributed by atoms with Gasteiger partial charge in [0.05, 0.1) is 0 Å². The fraction of sp³-hybridized carbons (Fsp3) is 0.0333. The molecule has 7 aromatic carbocycles. The van der Waals surface area contributed by atoms with E-state index in [1.54, 1.807) is 12.4 Å². The molecule has 11 aromatic rings. The molecular formula is C60H42N8. The summed E-state index contributed by atoms with van der Waals surface area (Å²) in [5.74, 6) is 3.57. The molecule has 0 saturated heterocycles. The Labute approximate surface area is 394 Å². The van der Waals surface area contributed by atoms with Gasteiger partial charge in [-0.3, -0.25) is 9.97 Å². The third-order valence-corrected chi connectivity index (χ3v) is 12.0. The first-order chi connectivity index (χ1) is 33.5. The molecule has 0 N–H and O–H groups in total. The van der Waals surface area contributed by atoms with Crippen molar-refractivity contribution in [3.63, 3.8) is 0 Å². The van der Waals surface area contributed by atoms with Gasteiger partial charge in [0.15, 0.2) is 34.9 Å². The van der Waals surface area contributed by atoms with E-state index in [1.807, 2.05) is 128 Å². The molecule has 11 rings (SSSR count). The molecule has 4 aromatic heterocycles. The standard InChI is InChI=1S/C60H42N8/c1-39-25-31-50(40(2)62-39)48-30-32-52(51-23-12-13-24-53(51)60-67-56(44-17-8-4-9-18-44)64-57(68-60)45-19-10-5-11-20-45)54(38-48)42-26-28-46(29-27-42)58-63-55(43-15-6-3-7-16-43)65-59(66-58)49-22-14-21-47(37-49)41-33-35-61-36-34-41/h3-38H,1-2H3. The van der Waals surface area contributed by atoms with Crippen LogP contribution < -0.4 is 0 Å². The largest absolute Gasteiger partial charge is 0.265 e. The van der Waals surface area contributed by atoms with Crippen LogP contribution >= 0.6 is 0 Å². The molecule has 68 heavy (non-hydrogen) atoms. The van der Waals surface area contributed by atoms with Gasteiger partial charge in [0.1, 0.15) is 0 Å². The Hall–Kier alpha value is -9.14. The summed E-state index contributed by atoms with van der Waals surface area (Å²) in [4.78, 5) is 39.5. The average Bonchev–Trinajstić information content (AvgIpc) is 3.41. The van der Waals surface area contributed by atoms with Crippen molar-refractivity contribution in [1.29, 1.82) is 0 Å². The Morgan fingerprint density at radius 1 is 0.235 bits per heavy atom. The van der Waals surface area contributed by atoms with Crippen LogP contribution in [0.15, 0.2) is 219 Å². The molecule has 0 amide bonds. The topological polar surface area (TPSA) is 103 Å². The van der Waals surface area contributed by atoms with Crippen molar-refractivity contribution in [1.82, 2.24) is 39.9 Å². The van der Waals surface area contributed by atoms with Gasteiger partial charge in [0, 0.05) is 62.7 Å². The van der Waals surface area contributed by atoms with Gasteiger partial charge in [-0.05, 0) is 83.1 Å². The first-order valence-corrected chi connectivity index (χ1v) is 22.5. The van der Waals surface area contributed by atoms with Gasteiger partial charge >= 0.3 is 0 Å². The van der Waals surface area contributed by atoms with E-state index < -0.39 is 0 Å². The Morgan fingerprint density at radius 2 is 0.662 bits per heavy atom. The molecule has 322 valence electrons. The summed E-state index contributed by atoms with van der Waals surface area (Å²) in [5, 5.41) is 0. The Balaban J connectivity index is 1.05. The van der Waals surface area contributed by atoms with Gasteiger partial charge in [-0.25, -0.2) is 29.9 Å². The van der Waals surface area contributed by atoms with Gasteiger partial charge < -0.3 is 0 Å². The highest BCUT2D eigenvalue weighted by Crippen LogP contribution is 2.41. The van der Waals surface area contributed by atoms with Crippen molar-refractivity contribution in [2.75, 3.05) is 0 Å².